The molecule has 10 heteroatoms. The highest BCUT2D eigenvalue weighted by Gasteiger charge is 2.21. The molecule has 9 nitrogen and oxygen atoms in total. The number of esters is 1. The molecule has 0 saturated carbocycles. The van der Waals surface area contributed by atoms with Gasteiger partial charge in [0.1, 0.15) is 6.54 Å². The van der Waals surface area contributed by atoms with E-state index >= 15 is 0 Å². The highest BCUT2D eigenvalue weighted by atomic mass is 32.2. The average molecular weight is 357 g/mol. The van der Waals surface area contributed by atoms with E-state index in [1.54, 1.807) is 12.1 Å². The van der Waals surface area contributed by atoms with Gasteiger partial charge >= 0.3 is 12.0 Å². The van der Waals surface area contributed by atoms with Crippen molar-refractivity contribution in [1.29, 1.82) is 0 Å². The third-order valence-corrected chi connectivity index (χ3v) is 4.30. The lowest BCUT2D eigenvalue weighted by atomic mass is 10.2. The molecule has 0 aliphatic heterocycles. The molecule has 1 atom stereocenters. The zero-order valence-corrected chi connectivity index (χ0v) is 14.3. The number of ether oxygens (including phenoxy) is 1. The van der Waals surface area contributed by atoms with Crippen LogP contribution in [0.4, 0.5) is 4.79 Å². The molecule has 0 radical (unpaired) electrons. The second-order valence-electron chi connectivity index (χ2n) is 4.84. The molecule has 0 fully saturated rings. The molecule has 0 aromatic heterocycles. The Labute approximate surface area is 139 Å². The van der Waals surface area contributed by atoms with Crippen LogP contribution < -0.4 is 15.4 Å². The number of hydrogen-bond acceptors (Lipinski definition) is 6. The van der Waals surface area contributed by atoms with Crippen LogP contribution in [-0.4, -0.2) is 46.0 Å². The molecule has 0 bridgehead atoms. The van der Waals surface area contributed by atoms with Gasteiger partial charge in [0, 0.05) is 7.05 Å². The summed E-state index contributed by atoms with van der Waals surface area (Å²) < 4.78 is 30.8. The number of nitrogens with one attached hydrogen (secondary N) is 3. The standard InChI is InChI=1S/C14H19N3O6S/c1-9-4-6-11(7-5-9)24(21,22)16-8-12(18)23-10(2)13(19)17-14(20)15-3/h4-7,10,16H,8H2,1-3H3,(H2,15,17,19,20)/t10-/m1/s1. The van der Waals surface area contributed by atoms with E-state index in [1.807, 2.05) is 12.2 Å². The lowest BCUT2D eigenvalue weighted by Crippen LogP contribution is -2.44. The van der Waals surface area contributed by atoms with Crippen molar-refractivity contribution in [1.82, 2.24) is 15.4 Å². The number of hydrogen-bond donors (Lipinski definition) is 3. The van der Waals surface area contributed by atoms with E-state index < -0.39 is 40.6 Å². The second-order valence-corrected chi connectivity index (χ2v) is 6.61. The summed E-state index contributed by atoms with van der Waals surface area (Å²) in [5.74, 6) is -1.78. The van der Waals surface area contributed by atoms with Crippen molar-refractivity contribution in [2.45, 2.75) is 24.8 Å². The molecular formula is C14H19N3O6S. The predicted octanol–water partition coefficient (Wildman–Crippen LogP) is -0.339. The molecule has 3 amide bonds. The molecule has 1 rings (SSSR count). The summed E-state index contributed by atoms with van der Waals surface area (Å²) in [4.78, 5) is 34.1. The Morgan fingerprint density at radius 3 is 2.29 bits per heavy atom. The molecule has 24 heavy (non-hydrogen) atoms. The van der Waals surface area contributed by atoms with Gasteiger partial charge in [0.05, 0.1) is 4.90 Å². The Bertz CT molecular complexity index is 715. The number of sulfonamides is 1. The summed E-state index contributed by atoms with van der Waals surface area (Å²) in [6, 6.07) is 5.31. The van der Waals surface area contributed by atoms with E-state index in [4.69, 9.17) is 4.74 Å². The van der Waals surface area contributed by atoms with Crippen molar-refractivity contribution >= 4 is 27.9 Å². The first-order chi connectivity index (χ1) is 11.2. The van der Waals surface area contributed by atoms with Gasteiger partial charge in [0.2, 0.25) is 10.0 Å². The number of imide groups is 1. The fourth-order valence-corrected chi connectivity index (χ4v) is 2.49. The monoisotopic (exact) mass is 357 g/mol. The predicted molar refractivity (Wildman–Crippen MR) is 84.5 cm³/mol. The van der Waals surface area contributed by atoms with Gasteiger partial charge in [0.25, 0.3) is 5.91 Å². The maximum atomic E-state index is 12.0. The van der Waals surface area contributed by atoms with E-state index in [0.717, 1.165) is 5.56 Å². The molecule has 3 N–H and O–H groups in total. The highest BCUT2D eigenvalue weighted by Crippen LogP contribution is 2.09. The Hall–Kier alpha value is -2.46. The van der Waals surface area contributed by atoms with E-state index in [2.05, 4.69) is 10.0 Å². The van der Waals surface area contributed by atoms with Crippen molar-refractivity contribution in [2.24, 2.45) is 0 Å². The van der Waals surface area contributed by atoms with Crippen LogP contribution in [-0.2, 0) is 24.3 Å². The van der Waals surface area contributed by atoms with E-state index in [0.29, 0.717) is 0 Å². The molecule has 0 saturated heterocycles. The first-order valence-electron chi connectivity index (χ1n) is 6.94. The summed E-state index contributed by atoms with van der Waals surface area (Å²) >= 11 is 0. The molecule has 0 spiro atoms. The third kappa shape index (κ3) is 5.97. The quantitative estimate of drug-likeness (QED) is 0.597. The summed E-state index contributed by atoms with van der Waals surface area (Å²) in [6.07, 6.45) is -1.25. The Kier molecular flexibility index (Phi) is 6.86. The van der Waals surface area contributed by atoms with Crippen LogP contribution in [0.25, 0.3) is 0 Å². The summed E-state index contributed by atoms with van der Waals surface area (Å²) in [5.41, 5.74) is 0.893. The van der Waals surface area contributed by atoms with Crippen LogP contribution in [0.3, 0.4) is 0 Å². The summed E-state index contributed by atoms with van der Waals surface area (Å²) in [6.45, 7) is 2.42. The number of carbonyl (C=O) groups excluding carboxylic acids is 3. The Morgan fingerprint density at radius 1 is 1.17 bits per heavy atom. The number of amides is 3. The first-order valence-corrected chi connectivity index (χ1v) is 8.42. The summed E-state index contributed by atoms with van der Waals surface area (Å²) in [7, 11) is -2.55. The third-order valence-electron chi connectivity index (χ3n) is 2.88. The fourth-order valence-electron chi connectivity index (χ4n) is 1.52. The van der Waals surface area contributed by atoms with Crippen LogP contribution in [0, 0.1) is 6.92 Å². The van der Waals surface area contributed by atoms with Gasteiger partial charge in [-0.05, 0) is 26.0 Å². The number of urea groups is 1. The molecule has 1 aromatic carbocycles. The van der Waals surface area contributed by atoms with Gasteiger partial charge in [-0.15, -0.1) is 0 Å². The van der Waals surface area contributed by atoms with Crippen LogP contribution >= 0.6 is 0 Å². The van der Waals surface area contributed by atoms with Crippen LogP contribution in [0.15, 0.2) is 29.2 Å². The van der Waals surface area contributed by atoms with Gasteiger partial charge in [-0.3, -0.25) is 14.9 Å². The van der Waals surface area contributed by atoms with Crippen molar-refractivity contribution in [2.75, 3.05) is 13.6 Å². The fraction of sp³-hybridized carbons (Fsp3) is 0.357. The van der Waals surface area contributed by atoms with E-state index in [1.165, 1.54) is 26.1 Å². The number of carbonyl (C=O) groups is 3. The molecule has 0 aliphatic carbocycles. The van der Waals surface area contributed by atoms with Gasteiger partial charge in [-0.2, -0.15) is 4.72 Å². The molecular weight excluding hydrogens is 338 g/mol. The van der Waals surface area contributed by atoms with Crippen molar-refractivity contribution in [3.05, 3.63) is 29.8 Å². The second kappa shape index (κ2) is 8.41. The average Bonchev–Trinajstić information content (AvgIpc) is 2.53. The van der Waals surface area contributed by atoms with Gasteiger partial charge < -0.3 is 10.1 Å². The molecule has 132 valence electrons. The smallest absolute Gasteiger partial charge is 0.321 e. The number of benzene rings is 1. The van der Waals surface area contributed by atoms with E-state index in [-0.39, 0.29) is 4.90 Å². The molecule has 0 aliphatic rings. The number of aryl methyl sites for hydroxylation is 1. The van der Waals surface area contributed by atoms with Crippen molar-refractivity contribution in [3.63, 3.8) is 0 Å². The summed E-state index contributed by atoms with van der Waals surface area (Å²) in [5, 5.41) is 4.10. The van der Waals surface area contributed by atoms with Gasteiger partial charge in [-0.25, -0.2) is 13.2 Å². The highest BCUT2D eigenvalue weighted by molar-refractivity contribution is 7.89. The number of rotatable bonds is 6. The lowest BCUT2D eigenvalue weighted by Gasteiger charge is -2.13. The zero-order chi connectivity index (χ0) is 18.3. The maximum Gasteiger partial charge on any atom is 0.321 e. The Morgan fingerprint density at radius 2 is 1.75 bits per heavy atom. The minimum Gasteiger partial charge on any atom is -0.452 e. The zero-order valence-electron chi connectivity index (χ0n) is 13.5. The van der Waals surface area contributed by atoms with Gasteiger partial charge in [-0.1, -0.05) is 17.7 Å². The first kappa shape index (κ1) is 19.6. The molecule has 1 aromatic rings. The minimum absolute atomic E-state index is 0.00584. The minimum atomic E-state index is -3.87. The topological polar surface area (TPSA) is 131 Å². The largest absolute Gasteiger partial charge is 0.452 e. The Balaban J connectivity index is 2.55. The SMILES string of the molecule is CNC(=O)NC(=O)[C@@H](C)OC(=O)CNS(=O)(=O)c1ccc(C)cc1. The van der Waals surface area contributed by atoms with Crippen LogP contribution in [0.5, 0.6) is 0 Å². The molecule has 0 unspecified atom stereocenters. The molecule has 0 heterocycles. The maximum absolute atomic E-state index is 12.0. The van der Waals surface area contributed by atoms with E-state index in [9.17, 15) is 22.8 Å². The lowest BCUT2D eigenvalue weighted by molar-refractivity contribution is -0.153. The van der Waals surface area contributed by atoms with Crippen molar-refractivity contribution < 1.29 is 27.5 Å². The van der Waals surface area contributed by atoms with Crippen LogP contribution in [0.2, 0.25) is 0 Å². The van der Waals surface area contributed by atoms with Gasteiger partial charge in [0.15, 0.2) is 6.10 Å². The van der Waals surface area contributed by atoms with Crippen LogP contribution in [0.1, 0.15) is 12.5 Å². The normalized spacial score (nSPS) is 12.1. The van der Waals surface area contributed by atoms with Crippen molar-refractivity contribution in [3.8, 4) is 0 Å².